The molecule has 4 heteroatoms. The maximum Gasteiger partial charge on any atom is 0.222 e. The molecule has 1 saturated heterocycles. The van der Waals surface area contributed by atoms with Crippen molar-refractivity contribution in [3.8, 4) is 6.07 Å². The van der Waals surface area contributed by atoms with E-state index in [1.54, 1.807) is 11.9 Å². The SMILES string of the molecule is CN(CCC#N)C(=O)CC1CNC1. The summed E-state index contributed by atoms with van der Waals surface area (Å²) in [6.07, 6.45) is 1.04. The minimum Gasteiger partial charge on any atom is -0.345 e. The smallest absolute Gasteiger partial charge is 0.222 e. The van der Waals surface area contributed by atoms with Crippen LogP contribution in [-0.4, -0.2) is 37.5 Å². The zero-order valence-corrected chi connectivity index (χ0v) is 7.92. The van der Waals surface area contributed by atoms with Crippen molar-refractivity contribution in [1.82, 2.24) is 10.2 Å². The molecule has 1 aliphatic rings. The topological polar surface area (TPSA) is 56.1 Å². The van der Waals surface area contributed by atoms with Gasteiger partial charge in [-0.3, -0.25) is 4.79 Å². The summed E-state index contributed by atoms with van der Waals surface area (Å²) in [5.74, 6) is 0.666. The van der Waals surface area contributed by atoms with Crippen LogP contribution < -0.4 is 5.32 Å². The van der Waals surface area contributed by atoms with Gasteiger partial charge in [-0.25, -0.2) is 0 Å². The largest absolute Gasteiger partial charge is 0.345 e. The van der Waals surface area contributed by atoms with Gasteiger partial charge in [0.25, 0.3) is 0 Å². The number of nitrogens with zero attached hydrogens (tertiary/aromatic N) is 2. The average Bonchev–Trinajstić information content (AvgIpc) is 2.06. The summed E-state index contributed by atoms with van der Waals surface area (Å²) in [7, 11) is 1.76. The number of hydrogen-bond acceptors (Lipinski definition) is 3. The van der Waals surface area contributed by atoms with Crippen LogP contribution in [0.15, 0.2) is 0 Å². The van der Waals surface area contributed by atoms with E-state index in [0.29, 0.717) is 25.3 Å². The lowest BCUT2D eigenvalue weighted by molar-refractivity contribution is -0.131. The Morgan fingerprint density at radius 1 is 1.69 bits per heavy atom. The van der Waals surface area contributed by atoms with Gasteiger partial charge in [-0.05, 0) is 19.0 Å². The highest BCUT2D eigenvalue weighted by atomic mass is 16.2. The molecule has 0 saturated carbocycles. The fourth-order valence-electron chi connectivity index (χ4n) is 1.24. The lowest BCUT2D eigenvalue weighted by Gasteiger charge is -2.28. The van der Waals surface area contributed by atoms with Crippen LogP contribution in [0.3, 0.4) is 0 Å². The summed E-state index contributed by atoms with van der Waals surface area (Å²) >= 11 is 0. The molecule has 13 heavy (non-hydrogen) atoms. The molecule has 1 amide bonds. The van der Waals surface area contributed by atoms with Gasteiger partial charge < -0.3 is 10.2 Å². The first-order valence-electron chi connectivity index (χ1n) is 4.55. The lowest BCUT2D eigenvalue weighted by atomic mass is 9.99. The van der Waals surface area contributed by atoms with Gasteiger partial charge in [-0.1, -0.05) is 0 Å². The Labute approximate surface area is 78.5 Å². The standard InChI is InChI=1S/C9H15N3O/c1-12(4-2-3-10)9(13)5-8-6-11-7-8/h8,11H,2,4-7H2,1H3. The Balaban J connectivity index is 2.17. The fraction of sp³-hybridized carbons (Fsp3) is 0.778. The molecule has 1 heterocycles. The van der Waals surface area contributed by atoms with Crippen molar-refractivity contribution in [2.24, 2.45) is 5.92 Å². The number of carbonyl (C=O) groups excluding carboxylic acids is 1. The van der Waals surface area contributed by atoms with Gasteiger partial charge in [-0.2, -0.15) is 5.26 Å². The third-order valence-electron chi connectivity index (χ3n) is 2.31. The van der Waals surface area contributed by atoms with Crippen molar-refractivity contribution in [2.75, 3.05) is 26.7 Å². The van der Waals surface area contributed by atoms with Crippen LogP contribution in [-0.2, 0) is 4.79 Å². The van der Waals surface area contributed by atoms with Crippen molar-refractivity contribution in [2.45, 2.75) is 12.8 Å². The van der Waals surface area contributed by atoms with Crippen molar-refractivity contribution in [3.63, 3.8) is 0 Å². The molecule has 0 spiro atoms. The third kappa shape index (κ3) is 3.03. The van der Waals surface area contributed by atoms with E-state index in [1.807, 2.05) is 6.07 Å². The van der Waals surface area contributed by atoms with E-state index >= 15 is 0 Å². The van der Waals surface area contributed by atoms with Crippen LogP contribution in [0.1, 0.15) is 12.8 Å². The van der Waals surface area contributed by atoms with E-state index in [2.05, 4.69) is 5.32 Å². The highest BCUT2D eigenvalue weighted by Crippen LogP contribution is 2.09. The molecule has 0 aliphatic carbocycles. The summed E-state index contributed by atoms with van der Waals surface area (Å²) in [6, 6.07) is 2.03. The van der Waals surface area contributed by atoms with E-state index in [0.717, 1.165) is 13.1 Å². The second-order valence-corrected chi connectivity index (χ2v) is 3.45. The van der Waals surface area contributed by atoms with Gasteiger partial charge in [0.2, 0.25) is 5.91 Å². The van der Waals surface area contributed by atoms with Crippen LogP contribution in [0.4, 0.5) is 0 Å². The van der Waals surface area contributed by atoms with Gasteiger partial charge in [0, 0.05) is 20.0 Å². The van der Waals surface area contributed by atoms with Crippen LogP contribution in [0.25, 0.3) is 0 Å². The number of amides is 1. The highest BCUT2D eigenvalue weighted by Gasteiger charge is 2.21. The van der Waals surface area contributed by atoms with Crippen molar-refractivity contribution < 1.29 is 4.79 Å². The van der Waals surface area contributed by atoms with Gasteiger partial charge >= 0.3 is 0 Å². The van der Waals surface area contributed by atoms with Gasteiger partial charge in [0.05, 0.1) is 12.5 Å². The second kappa shape index (κ2) is 4.83. The molecule has 4 nitrogen and oxygen atoms in total. The summed E-state index contributed by atoms with van der Waals surface area (Å²) in [6.45, 7) is 2.46. The first kappa shape index (κ1) is 10.0. The van der Waals surface area contributed by atoms with E-state index in [1.165, 1.54) is 0 Å². The molecule has 1 N–H and O–H groups in total. The van der Waals surface area contributed by atoms with Crippen LogP contribution in [0, 0.1) is 17.2 Å². The monoisotopic (exact) mass is 181 g/mol. The van der Waals surface area contributed by atoms with Crippen LogP contribution >= 0.6 is 0 Å². The minimum atomic E-state index is 0.154. The normalized spacial score (nSPS) is 16.0. The average molecular weight is 181 g/mol. The van der Waals surface area contributed by atoms with Crippen molar-refractivity contribution >= 4 is 5.91 Å². The molecule has 72 valence electrons. The van der Waals surface area contributed by atoms with Crippen molar-refractivity contribution in [3.05, 3.63) is 0 Å². The number of hydrogen-bond donors (Lipinski definition) is 1. The third-order valence-corrected chi connectivity index (χ3v) is 2.31. The Bertz CT molecular complexity index is 217. The minimum absolute atomic E-state index is 0.154. The second-order valence-electron chi connectivity index (χ2n) is 3.45. The first-order chi connectivity index (χ1) is 6.24. The fourth-order valence-corrected chi connectivity index (χ4v) is 1.24. The van der Waals surface area contributed by atoms with Crippen LogP contribution in [0.5, 0.6) is 0 Å². The van der Waals surface area contributed by atoms with Gasteiger partial charge in [0.1, 0.15) is 0 Å². The molecule has 0 bridgehead atoms. The molecule has 1 rings (SSSR count). The number of nitriles is 1. The molecule has 0 atom stereocenters. The summed E-state index contributed by atoms with van der Waals surface area (Å²) in [4.78, 5) is 13.1. The summed E-state index contributed by atoms with van der Waals surface area (Å²) < 4.78 is 0. The predicted octanol–water partition coefficient (Wildman–Crippen LogP) is -0.0320. The van der Waals surface area contributed by atoms with E-state index in [-0.39, 0.29) is 5.91 Å². The molecule has 0 radical (unpaired) electrons. The molecule has 1 fully saturated rings. The van der Waals surface area contributed by atoms with E-state index in [9.17, 15) is 4.79 Å². The first-order valence-corrected chi connectivity index (χ1v) is 4.55. The summed E-state index contributed by atoms with van der Waals surface area (Å²) in [5.41, 5.74) is 0. The summed E-state index contributed by atoms with van der Waals surface area (Å²) in [5, 5.41) is 11.5. The molecule has 0 aromatic carbocycles. The molecule has 1 aliphatic heterocycles. The number of nitrogens with one attached hydrogen (secondary N) is 1. The maximum atomic E-state index is 11.4. The number of rotatable bonds is 4. The predicted molar refractivity (Wildman–Crippen MR) is 48.8 cm³/mol. The lowest BCUT2D eigenvalue weighted by Crippen LogP contribution is -2.44. The quantitative estimate of drug-likeness (QED) is 0.662. The van der Waals surface area contributed by atoms with Crippen molar-refractivity contribution in [1.29, 1.82) is 5.26 Å². The maximum absolute atomic E-state index is 11.4. The molecule has 0 unspecified atom stereocenters. The molecular weight excluding hydrogens is 166 g/mol. The Morgan fingerprint density at radius 2 is 2.38 bits per heavy atom. The number of carbonyl (C=O) groups is 1. The Morgan fingerprint density at radius 3 is 2.85 bits per heavy atom. The zero-order valence-electron chi connectivity index (χ0n) is 7.92. The molecular formula is C9H15N3O. The Kier molecular flexibility index (Phi) is 3.71. The molecule has 0 aromatic rings. The van der Waals surface area contributed by atoms with E-state index < -0.39 is 0 Å². The zero-order chi connectivity index (χ0) is 9.68. The molecule has 0 aromatic heterocycles. The van der Waals surface area contributed by atoms with E-state index in [4.69, 9.17) is 5.26 Å². The van der Waals surface area contributed by atoms with Gasteiger partial charge in [0.15, 0.2) is 0 Å². The van der Waals surface area contributed by atoms with Gasteiger partial charge in [-0.15, -0.1) is 0 Å². The van der Waals surface area contributed by atoms with Crippen LogP contribution in [0.2, 0.25) is 0 Å². The highest BCUT2D eigenvalue weighted by molar-refractivity contribution is 5.76. The Hall–Kier alpha value is -1.08.